The van der Waals surface area contributed by atoms with Crippen molar-refractivity contribution in [1.82, 2.24) is 5.32 Å². The van der Waals surface area contributed by atoms with E-state index in [4.69, 9.17) is 5.73 Å². The zero-order valence-electron chi connectivity index (χ0n) is 11.8. The highest BCUT2D eigenvalue weighted by atomic mass is 79.9. The predicted octanol–water partition coefficient (Wildman–Crippen LogP) is 4.56. The van der Waals surface area contributed by atoms with Crippen molar-refractivity contribution in [3.63, 3.8) is 0 Å². The van der Waals surface area contributed by atoms with Gasteiger partial charge in [-0.1, -0.05) is 41.3 Å². The number of halogens is 1. The van der Waals surface area contributed by atoms with E-state index < -0.39 is 0 Å². The summed E-state index contributed by atoms with van der Waals surface area (Å²) in [5.41, 5.74) is 6.76. The summed E-state index contributed by atoms with van der Waals surface area (Å²) in [7, 11) is 0. The highest BCUT2D eigenvalue weighted by Crippen LogP contribution is 2.38. The largest absolute Gasteiger partial charge is 0.397 e. The van der Waals surface area contributed by atoms with E-state index in [-0.39, 0.29) is 5.91 Å². The lowest BCUT2D eigenvalue weighted by Crippen LogP contribution is -2.30. The standard InChI is InChI=1S/C16H19BrN2OS/c17-11-7-4-8-12-13(11)14(18)15(21-12)16(20)19-9-10-5-2-1-3-6-10/h4,7-8,10H,1-3,5-6,9,18H2,(H,19,20). The van der Waals surface area contributed by atoms with E-state index in [1.54, 1.807) is 0 Å². The van der Waals surface area contributed by atoms with Crippen LogP contribution in [0.5, 0.6) is 0 Å². The molecular weight excluding hydrogens is 348 g/mol. The van der Waals surface area contributed by atoms with Crippen LogP contribution in [0.4, 0.5) is 5.69 Å². The van der Waals surface area contributed by atoms with Crippen LogP contribution in [-0.2, 0) is 0 Å². The fourth-order valence-corrected chi connectivity index (χ4v) is 4.78. The molecular formula is C16H19BrN2OS. The van der Waals surface area contributed by atoms with Crippen molar-refractivity contribution in [3.05, 3.63) is 27.5 Å². The minimum absolute atomic E-state index is 0.0360. The van der Waals surface area contributed by atoms with Crippen molar-refractivity contribution in [2.45, 2.75) is 32.1 Å². The normalized spacial score (nSPS) is 16.2. The summed E-state index contributed by atoms with van der Waals surface area (Å²) in [4.78, 5) is 13.0. The summed E-state index contributed by atoms with van der Waals surface area (Å²) in [5.74, 6) is 0.594. The summed E-state index contributed by atoms with van der Waals surface area (Å²) in [6.45, 7) is 0.772. The minimum Gasteiger partial charge on any atom is -0.397 e. The number of anilines is 1. The molecule has 1 aromatic heterocycles. The van der Waals surface area contributed by atoms with Crippen molar-refractivity contribution in [3.8, 4) is 0 Å². The molecule has 112 valence electrons. The Balaban J connectivity index is 1.75. The van der Waals surface area contributed by atoms with Gasteiger partial charge in [0.2, 0.25) is 0 Å². The van der Waals surface area contributed by atoms with Gasteiger partial charge in [-0.25, -0.2) is 0 Å². The average Bonchev–Trinajstić information content (AvgIpc) is 2.84. The number of nitrogens with one attached hydrogen (secondary N) is 1. The molecule has 3 rings (SSSR count). The molecule has 1 aliphatic carbocycles. The van der Waals surface area contributed by atoms with Crippen LogP contribution in [0, 0.1) is 5.92 Å². The van der Waals surface area contributed by atoms with Gasteiger partial charge in [-0.3, -0.25) is 4.79 Å². The first-order valence-corrected chi connectivity index (χ1v) is 9.02. The lowest BCUT2D eigenvalue weighted by molar-refractivity contribution is 0.0948. The zero-order valence-corrected chi connectivity index (χ0v) is 14.2. The molecule has 21 heavy (non-hydrogen) atoms. The summed E-state index contributed by atoms with van der Waals surface area (Å²) in [6, 6.07) is 5.92. The number of benzene rings is 1. The first-order valence-electron chi connectivity index (χ1n) is 7.41. The first kappa shape index (κ1) is 14.9. The second kappa shape index (κ2) is 6.36. The smallest absolute Gasteiger partial charge is 0.263 e. The van der Waals surface area contributed by atoms with E-state index in [9.17, 15) is 4.79 Å². The fourth-order valence-electron chi connectivity index (χ4n) is 3.01. The van der Waals surface area contributed by atoms with Crippen LogP contribution in [0.25, 0.3) is 10.1 Å². The molecule has 1 amide bonds. The number of nitrogens with two attached hydrogens (primary N) is 1. The van der Waals surface area contributed by atoms with Crippen LogP contribution in [0.3, 0.4) is 0 Å². The molecule has 1 fully saturated rings. The molecule has 1 heterocycles. The molecule has 0 aliphatic heterocycles. The summed E-state index contributed by atoms with van der Waals surface area (Å²) in [5, 5.41) is 4.02. The van der Waals surface area contributed by atoms with Crippen LogP contribution < -0.4 is 11.1 Å². The first-order chi connectivity index (χ1) is 10.2. The number of hydrogen-bond donors (Lipinski definition) is 2. The molecule has 5 heteroatoms. The lowest BCUT2D eigenvalue weighted by atomic mass is 9.89. The molecule has 3 N–H and O–H groups in total. The van der Waals surface area contributed by atoms with Gasteiger partial charge in [-0.05, 0) is 30.9 Å². The molecule has 0 radical (unpaired) electrons. The van der Waals surface area contributed by atoms with Gasteiger partial charge in [-0.2, -0.15) is 0 Å². The Hall–Kier alpha value is -1.07. The molecule has 1 aromatic carbocycles. The molecule has 2 aromatic rings. The number of fused-ring (bicyclic) bond motifs is 1. The van der Waals surface area contributed by atoms with Gasteiger partial charge in [-0.15, -0.1) is 11.3 Å². The van der Waals surface area contributed by atoms with E-state index in [1.807, 2.05) is 18.2 Å². The number of hydrogen-bond acceptors (Lipinski definition) is 3. The van der Waals surface area contributed by atoms with E-state index in [0.29, 0.717) is 16.5 Å². The van der Waals surface area contributed by atoms with E-state index in [1.165, 1.54) is 43.4 Å². The molecule has 1 aliphatic rings. The number of amides is 1. The van der Waals surface area contributed by atoms with Crippen LogP contribution >= 0.6 is 27.3 Å². The summed E-state index contributed by atoms with van der Waals surface area (Å²) >= 11 is 4.97. The molecule has 1 saturated carbocycles. The number of nitrogen functional groups attached to an aromatic ring is 1. The van der Waals surface area contributed by atoms with E-state index >= 15 is 0 Å². The van der Waals surface area contributed by atoms with Crippen LogP contribution in [0.2, 0.25) is 0 Å². The average molecular weight is 367 g/mol. The van der Waals surface area contributed by atoms with Crippen molar-refractivity contribution in [2.24, 2.45) is 5.92 Å². The minimum atomic E-state index is -0.0360. The Morgan fingerprint density at radius 1 is 1.33 bits per heavy atom. The van der Waals surface area contributed by atoms with Crippen molar-refractivity contribution in [2.75, 3.05) is 12.3 Å². The van der Waals surface area contributed by atoms with Gasteiger partial charge in [0.05, 0.1) is 5.69 Å². The Kier molecular flexibility index (Phi) is 4.50. The maximum atomic E-state index is 12.4. The molecule has 0 atom stereocenters. The third-order valence-corrected chi connectivity index (χ3v) is 6.01. The van der Waals surface area contributed by atoms with Crippen LogP contribution in [0.1, 0.15) is 41.8 Å². The number of carbonyl (C=O) groups is 1. The monoisotopic (exact) mass is 366 g/mol. The lowest BCUT2D eigenvalue weighted by Gasteiger charge is -2.21. The van der Waals surface area contributed by atoms with Gasteiger partial charge in [0.1, 0.15) is 4.88 Å². The van der Waals surface area contributed by atoms with Crippen LogP contribution in [0.15, 0.2) is 22.7 Å². The van der Waals surface area contributed by atoms with Crippen molar-refractivity contribution < 1.29 is 4.79 Å². The topological polar surface area (TPSA) is 55.1 Å². The molecule has 0 spiro atoms. The van der Waals surface area contributed by atoms with E-state index in [0.717, 1.165) is 21.1 Å². The summed E-state index contributed by atoms with van der Waals surface area (Å²) < 4.78 is 1.99. The Morgan fingerprint density at radius 3 is 2.81 bits per heavy atom. The Morgan fingerprint density at radius 2 is 2.10 bits per heavy atom. The predicted molar refractivity (Wildman–Crippen MR) is 92.8 cm³/mol. The molecule has 0 saturated heterocycles. The maximum Gasteiger partial charge on any atom is 0.263 e. The maximum absolute atomic E-state index is 12.4. The zero-order chi connectivity index (χ0) is 14.8. The Labute approximate surface area is 137 Å². The highest BCUT2D eigenvalue weighted by Gasteiger charge is 2.19. The number of carbonyl (C=O) groups excluding carboxylic acids is 1. The Bertz CT molecular complexity index is 662. The van der Waals surface area contributed by atoms with Gasteiger partial charge in [0.15, 0.2) is 0 Å². The van der Waals surface area contributed by atoms with E-state index in [2.05, 4.69) is 21.2 Å². The molecule has 3 nitrogen and oxygen atoms in total. The number of rotatable bonds is 3. The third-order valence-electron chi connectivity index (χ3n) is 4.18. The molecule has 0 unspecified atom stereocenters. The van der Waals surface area contributed by atoms with Crippen molar-refractivity contribution in [1.29, 1.82) is 0 Å². The van der Waals surface area contributed by atoms with Gasteiger partial charge in [0, 0.05) is 21.1 Å². The summed E-state index contributed by atoms with van der Waals surface area (Å²) in [6.07, 6.45) is 6.38. The van der Waals surface area contributed by atoms with Gasteiger partial charge >= 0.3 is 0 Å². The fraction of sp³-hybridized carbons (Fsp3) is 0.438. The van der Waals surface area contributed by atoms with Gasteiger partial charge in [0.25, 0.3) is 5.91 Å². The SMILES string of the molecule is Nc1c(C(=O)NCC2CCCCC2)sc2cccc(Br)c12. The number of thiophene rings is 1. The third kappa shape index (κ3) is 3.09. The highest BCUT2D eigenvalue weighted by molar-refractivity contribution is 9.10. The van der Waals surface area contributed by atoms with Gasteiger partial charge < -0.3 is 11.1 Å². The molecule has 0 bridgehead atoms. The van der Waals surface area contributed by atoms with Crippen molar-refractivity contribution >= 4 is 48.9 Å². The second-order valence-electron chi connectivity index (χ2n) is 5.67. The second-order valence-corrected chi connectivity index (χ2v) is 7.58. The quantitative estimate of drug-likeness (QED) is 0.836. The van der Waals surface area contributed by atoms with Crippen LogP contribution in [-0.4, -0.2) is 12.5 Å².